The number of carbonyl (C=O) groups is 1. The SMILES string of the molecule is CCC(CC)/C(O)=C/C(=O)C(CC)(CC)CC.[2H]c1nc2c3c(cc(CC(C)(C)C)cc3c1[2H])Oc1c-2[c-]c2cc(CC(C)(C)C)ccc2c1CC(C)(C)C.[Ir]. The average Bonchev–Trinajstić information content (AvgIpc) is 3.07. The number of rotatable bonds is 11. The van der Waals surface area contributed by atoms with Crippen molar-refractivity contribution in [3.05, 3.63) is 77.1 Å². The van der Waals surface area contributed by atoms with E-state index in [1.54, 1.807) is 0 Å². The van der Waals surface area contributed by atoms with E-state index in [2.05, 4.69) is 104 Å². The van der Waals surface area contributed by atoms with Crippen molar-refractivity contribution in [3.63, 3.8) is 0 Å². The molecule has 0 amide bonds. The van der Waals surface area contributed by atoms with Crippen LogP contribution in [0.2, 0.25) is 0 Å². The van der Waals surface area contributed by atoms with Gasteiger partial charge >= 0.3 is 0 Å². The molecule has 54 heavy (non-hydrogen) atoms. The molecule has 1 aliphatic heterocycles. The zero-order chi connectivity index (χ0) is 41.3. The van der Waals surface area contributed by atoms with Gasteiger partial charge in [0, 0.05) is 54.8 Å². The number of aliphatic hydroxyl groups excluding tert-OH is 1. The van der Waals surface area contributed by atoms with Crippen LogP contribution in [0.5, 0.6) is 11.5 Å². The van der Waals surface area contributed by atoms with Gasteiger partial charge in [0.05, 0.1) is 14.3 Å². The first-order valence-electron chi connectivity index (χ1n) is 21.1. The van der Waals surface area contributed by atoms with Gasteiger partial charge in [-0.25, -0.2) is 0 Å². The molecule has 1 aromatic heterocycles. The third kappa shape index (κ3) is 10.8. The molecular weight excluding hydrogens is 843 g/mol. The van der Waals surface area contributed by atoms with E-state index in [0.29, 0.717) is 5.69 Å². The van der Waals surface area contributed by atoms with E-state index in [-0.39, 0.29) is 71.4 Å². The summed E-state index contributed by atoms with van der Waals surface area (Å²) < 4.78 is 24.0. The van der Waals surface area contributed by atoms with E-state index >= 15 is 0 Å². The fraction of sp³-hybridized carbons (Fsp3) is 0.551. The standard InChI is InChI=1S/C34H40NO.C15H28O2.Ir/c1-32(2,3)18-21-10-11-25-24(14-21)17-26-30-29-23(12-13-35-30)15-22(19-33(4,5)6)16-28(29)36-31(26)27(25)20-34(7,8)9;1-6-12(7-2)13(16)11-14(17)15(8-3,9-4)10-5;/h10-16H,18-20H2,1-9H3;11-12,16H,6-10H2,1-5H3;/q-1;;/b;13-11-;/i12D,13D;;. The number of allylic oxidation sites excluding steroid dienone is 2. The Morgan fingerprint density at radius 2 is 1.43 bits per heavy atom. The van der Waals surface area contributed by atoms with E-state index in [1.165, 1.54) is 11.6 Å². The Morgan fingerprint density at radius 1 is 0.852 bits per heavy atom. The first-order valence-corrected chi connectivity index (χ1v) is 20.1. The molecule has 0 unspecified atom stereocenters. The second-order valence-electron chi connectivity index (χ2n) is 19.0. The Balaban J connectivity index is 0.000000398. The molecule has 1 radical (unpaired) electrons. The zero-order valence-electron chi connectivity index (χ0n) is 37.7. The summed E-state index contributed by atoms with van der Waals surface area (Å²) in [7, 11) is 0. The normalized spacial score (nSPS) is 13.8. The van der Waals surface area contributed by atoms with Gasteiger partial charge in [-0.2, -0.15) is 0 Å². The van der Waals surface area contributed by atoms with Crippen molar-refractivity contribution in [3.8, 4) is 22.8 Å². The van der Waals surface area contributed by atoms with Gasteiger partial charge in [-0.15, -0.1) is 17.5 Å². The van der Waals surface area contributed by atoms with Crippen LogP contribution in [-0.4, -0.2) is 15.9 Å². The predicted molar refractivity (Wildman–Crippen MR) is 226 cm³/mol. The molecule has 3 aromatic carbocycles. The van der Waals surface area contributed by atoms with Crippen molar-refractivity contribution in [1.82, 2.24) is 4.98 Å². The number of aliphatic hydroxyl groups is 1. The first kappa shape index (κ1) is 42.1. The van der Waals surface area contributed by atoms with Gasteiger partial charge in [0.25, 0.3) is 0 Å². The molecule has 0 fully saturated rings. The van der Waals surface area contributed by atoms with Gasteiger partial charge in [0.1, 0.15) is 5.75 Å². The Morgan fingerprint density at radius 3 is 1.96 bits per heavy atom. The fourth-order valence-electron chi connectivity index (χ4n) is 7.82. The molecule has 0 saturated carbocycles. The zero-order valence-corrected chi connectivity index (χ0v) is 38.1. The summed E-state index contributed by atoms with van der Waals surface area (Å²) in [5.74, 6) is 2.01. The summed E-state index contributed by atoms with van der Waals surface area (Å²) in [6.07, 6.45) is 8.41. The Hall–Kier alpha value is -3.01. The van der Waals surface area contributed by atoms with E-state index in [0.717, 1.165) is 101 Å². The molecule has 0 atom stereocenters. The van der Waals surface area contributed by atoms with Crippen molar-refractivity contribution in [2.24, 2.45) is 27.6 Å². The number of ketones is 1. The molecule has 0 saturated heterocycles. The van der Waals surface area contributed by atoms with Gasteiger partial charge < -0.3 is 9.84 Å². The molecule has 4 aromatic rings. The molecule has 0 bridgehead atoms. The first-order chi connectivity index (χ1) is 25.5. The monoisotopic (exact) mass is 913 g/mol. The van der Waals surface area contributed by atoms with Crippen LogP contribution >= 0.6 is 0 Å². The van der Waals surface area contributed by atoms with Crippen molar-refractivity contribution >= 4 is 27.3 Å². The van der Waals surface area contributed by atoms with Gasteiger partial charge in [0.2, 0.25) is 0 Å². The summed E-state index contributed by atoms with van der Waals surface area (Å²) in [5.41, 5.74) is 5.10. The maximum absolute atomic E-state index is 12.3. The Bertz CT molecular complexity index is 2050. The number of hydrogen-bond acceptors (Lipinski definition) is 4. The minimum Gasteiger partial charge on any atom is -0.512 e. The van der Waals surface area contributed by atoms with Crippen LogP contribution < -0.4 is 4.74 Å². The van der Waals surface area contributed by atoms with Gasteiger partial charge in [-0.05, 0) is 90.7 Å². The molecular formula is C49H68IrNO3-. The van der Waals surface area contributed by atoms with Crippen molar-refractivity contribution < 1.29 is 37.5 Å². The van der Waals surface area contributed by atoms with Crippen molar-refractivity contribution in [1.29, 1.82) is 0 Å². The third-order valence-corrected chi connectivity index (χ3v) is 10.8. The summed E-state index contributed by atoms with van der Waals surface area (Å²) in [6, 6.07) is 14.7. The fourth-order valence-corrected chi connectivity index (χ4v) is 7.82. The van der Waals surface area contributed by atoms with Crippen LogP contribution in [0.4, 0.5) is 0 Å². The third-order valence-electron chi connectivity index (χ3n) is 10.8. The molecule has 297 valence electrons. The number of ether oxygens (including phenoxy) is 1. The number of fused-ring (bicyclic) bond motifs is 3. The molecule has 5 rings (SSSR count). The van der Waals surface area contributed by atoms with Crippen LogP contribution in [0.15, 0.2) is 54.4 Å². The molecule has 5 heteroatoms. The maximum atomic E-state index is 12.3. The number of hydrogen-bond donors (Lipinski definition) is 1. The smallest absolute Gasteiger partial charge is 0.165 e. The van der Waals surface area contributed by atoms with Crippen LogP contribution in [0.3, 0.4) is 0 Å². The van der Waals surface area contributed by atoms with Crippen molar-refractivity contribution in [2.75, 3.05) is 0 Å². The molecule has 0 spiro atoms. The van der Waals surface area contributed by atoms with E-state index in [9.17, 15) is 9.90 Å². The van der Waals surface area contributed by atoms with Crippen LogP contribution in [0.25, 0.3) is 32.8 Å². The number of carbonyl (C=O) groups excluding carboxylic acids is 1. The second-order valence-corrected chi connectivity index (χ2v) is 19.0. The van der Waals surface area contributed by atoms with Gasteiger partial charge in [0.15, 0.2) is 5.78 Å². The van der Waals surface area contributed by atoms with Crippen molar-refractivity contribution in [2.45, 2.75) is 148 Å². The Labute approximate surface area is 344 Å². The summed E-state index contributed by atoms with van der Waals surface area (Å²) in [6.45, 7) is 30.4. The van der Waals surface area contributed by atoms with Gasteiger partial charge in [-0.3, -0.25) is 9.78 Å². The average molecular weight is 913 g/mol. The Kier molecular flexibility index (Phi) is 13.9. The molecule has 1 N–H and O–H groups in total. The molecule has 2 heterocycles. The number of pyridine rings is 1. The van der Waals surface area contributed by atoms with E-state index < -0.39 is 0 Å². The van der Waals surface area contributed by atoms with Gasteiger partial charge in [-0.1, -0.05) is 137 Å². The van der Waals surface area contributed by atoms with E-state index in [4.69, 9.17) is 7.48 Å². The number of benzene rings is 3. The van der Waals surface area contributed by atoms with Crippen LogP contribution in [0, 0.1) is 33.6 Å². The predicted octanol–water partition coefficient (Wildman–Crippen LogP) is 14.4. The van der Waals surface area contributed by atoms with E-state index in [1.807, 2.05) is 34.6 Å². The number of nitrogens with zero attached hydrogens (tertiary/aromatic N) is 1. The number of aromatic nitrogens is 1. The van der Waals surface area contributed by atoms with Crippen LogP contribution in [0.1, 0.15) is 148 Å². The molecule has 4 nitrogen and oxygen atoms in total. The van der Waals surface area contributed by atoms with Crippen LogP contribution in [-0.2, 0) is 44.2 Å². The molecule has 0 aliphatic carbocycles. The molecule has 1 aliphatic rings. The largest absolute Gasteiger partial charge is 0.512 e. The maximum Gasteiger partial charge on any atom is 0.165 e. The minimum atomic E-state index is -0.278. The summed E-state index contributed by atoms with van der Waals surface area (Å²) in [4.78, 5) is 16.9. The summed E-state index contributed by atoms with van der Waals surface area (Å²) in [5, 5.41) is 13.7. The quantitative estimate of drug-likeness (QED) is 0.0815. The topological polar surface area (TPSA) is 59.4 Å². The second kappa shape index (κ2) is 17.8. The summed E-state index contributed by atoms with van der Waals surface area (Å²) >= 11 is 0. The minimum absolute atomic E-state index is 0.